The molecule has 10 heavy (non-hydrogen) atoms. The van der Waals surface area contributed by atoms with Crippen molar-refractivity contribution in [2.45, 2.75) is 40.0 Å². The minimum atomic E-state index is 0.824. The van der Waals surface area contributed by atoms with Crippen molar-refractivity contribution in [1.29, 1.82) is 0 Å². The highest BCUT2D eigenvalue weighted by Crippen LogP contribution is 2.09. The normalized spacial score (nSPS) is 13.5. The zero-order chi connectivity index (χ0) is 7.82. The van der Waals surface area contributed by atoms with Gasteiger partial charge in [-0.3, -0.25) is 0 Å². The molecule has 0 amide bonds. The van der Waals surface area contributed by atoms with E-state index in [9.17, 15) is 0 Å². The summed E-state index contributed by atoms with van der Waals surface area (Å²) in [5, 5.41) is 0. The van der Waals surface area contributed by atoms with Gasteiger partial charge in [-0.05, 0) is 19.3 Å². The fraction of sp³-hybridized carbons (Fsp3) is 0.889. The van der Waals surface area contributed by atoms with E-state index in [1.165, 1.54) is 19.3 Å². The third-order valence-electron chi connectivity index (χ3n) is 1.68. The monoisotopic (exact) mass is 143 g/mol. The lowest BCUT2D eigenvalue weighted by Crippen LogP contribution is -1.99. The van der Waals surface area contributed by atoms with Gasteiger partial charge < -0.3 is 4.74 Å². The summed E-state index contributed by atoms with van der Waals surface area (Å²) < 4.78 is 5.13. The van der Waals surface area contributed by atoms with E-state index >= 15 is 0 Å². The highest BCUT2D eigenvalue weighted by molar-refractivity contribution is 4.51. The number of rotatable bonds is 6. The summed E-state index contributed by atoms with van der Waals surface area (Å²) >= 11 is 0. The predicted molar refractivity (Wildman–Crippen MR) is 44.6 cm³/mol. The molecular weight excluding hydrogens is 124 g/mol. The van der Waals surface area contributed by atoms with Crippen molar-refractivity contribution >= 4 is 0 Å². The smallest absolute Gasteiger partial charge is 0.0805 e. The summed E-state index contributed by atoms with van der Waals surface area (Å²) in [4.78, 5) is 0. The molecule has 0 aliphatic carbocycles. The maximum Gasteiger partial charge on any atom is 0.0805 e. The molecule has 0 aliphatic rings. The van der Waals surface area contributed by atoms with Crippen LogP contribution in [0.1, 0.15) is 40.0 Å². The van der Waals surface area contributed by atoms with Gasteiger partial charge in [0.25, 0.3) is 0 Å². The van der Waals surface area contributed by atoms with Crippen molar-refractivity contribution in [3.63, 3.8) is 0 Å². The molecule has 0 N–H and O–H groups in total. The Morgan fingerprint density at radius 3 is 2.60 bits per heavy atom. The van der Waals surface area contributed by atoms with Crippen molar-refractivity contribution in [3.05, 3.63) is 6.61 Å². The molecule has 1 atom stereocenters. The van der Waals surface area contributed by atoms with Crippen LogP contribution in [0.4, 0.5) is 0 Å². The van der Waals surface area contributed by atoms with Gasteiger partial charge in [0.1, 0.15) is 0 Å². The Morgan fingerprint density at radius 2 is 2.10 bits per heavy atom. The Balaban J connectivity index is 2.97. The third-order valence-corrected chi connectivity index (χ3v) is 1.68. The molecule has 0 heterocycles. The average molecular weight is 143 g/mol. The molecule has 1 nitrogen and oxygen atoms in total. The Hall–Kier alpha value is -0.0400. The molecule has 1 unspecified atom stereocenters. The van der Waals surface area contributed by atoms with Crippen LogP contribution in [-0.4, -0.2) is 6.61 Å². The molecule has 0 aromatic heterocycles. The van der Waals surface area contributed by atoms with Gasteiger partial charge in [-0.1, -0.05) is 26.7 Å². The van der Waals surface area contributed by atoms with E-state index in [0.29, 0.717) is 0 Å². The second kappa shape index (κ2) is 7.07. The highest BCUT2D eigenvalue weighted by atomic mass is 16.5. The summed E-state index contributed by atoms with van der Waals surface area (Å²) in [6.45, 7) is 9.08. The van der Waals surface area contributed by atoms with Crippen molar-refractivity contribution in [2.75, 3.05) is 6.61 Å². The summed E-state index contributed by atoms with van der Waals surface area (Å²) in [7, 11) is 0. The van der Waals surface area contributed by atoms with E-state index in [4.69, 9.17) is 4.74 Å². The highest BCUT2D eigenvalue weighted by Gasteiger charge is 1.98. The molecule has 0 saturated heterocycles. The number of hydrogen-bond acceptors (Lipinski definition) is 1. The second-order valence-corrected chi connectivity index (χ2v) is 2.79. The quantitative estimate of drug-likeness (QED) is 0.519. The summed E-state index contributed by atoms with van der Waals surface area (Å²) in [6, 6.07) is 0. The molecule has 1 radical (unpaired) electrons. The molecular formula is C9H19O. The number of hydrogen-bond donors (Lipinski definition) is 0. The summed E-state index contributed by atoms with van der Waals surface area (Å²) in [6.07, 6.45) is 3.81. The molecule has 0 fully saturated rings. The first-order valence-electron chi connectivity index (χ1n) is 4.20. The first-order valence-corrected chi connectivity index (χ1v) is 4.20. The van der Waals surface area contributed by atoms with Crippen molar-refractivity contribution < 1.29 is 4.74 Å². The molecule has 0 rings (SSSR count). The fourth-order valence-electron chi connectivity index (χ4n) is 1.02. The first kappa shape index (κ1) is 9.96. The molecule has 0 aliphatic heterocycles. The average Bonchev–Trinajstić information content (AvgIpc) is 1.89. The van der Waals surface area contributed by atoms with Gasteiger partial charge in [-0.15, -0.1) is 0 Å². The Labute approximate surface area is 64.8 Å². The topological polar surface area (TPSA) is 9.23 Å². The van der Waals surface area contributed by atoms with Crippen molar-refractivity contribution in [1.82, 2.24) is 0 Å². The van der Waals surface area contributed by atoms with Crippen LogP contribution < -0.4 is 0 Å². The molecule has 0 bridgehead atoms. The van der Waals surface area contributed by atoms with E-state index in [0.717, 1.165) is 12.5 Å². The molecule has 0 aromatic rings. The third kappa shape index (κ3) is 6.09. The zero-order valence-corrected chi connectivity index (χ0v) is 7.39. The van der Waals surface area contributed by atoms with E-state index in [-0.39, 0.29) is 0 Å². The van der Waals surface area contributed by atoms with Crippen LogP contribution in [0.5, 0.6) is 0 Å². The zero-order valence-electron chi connectivity index (χ0n) is 7.39. The van der Waals surface area contributed by atoms with E-state index in [2.05, 4.69) is 13.8 Å². The van der Waals surface area contributed by atoms with Gasteiger partial charge in [-0.25, -0.2) is 0 Å². The van der Waals surface area contributed by atoms with Crippen molar-refractivity contribution in [2.24, 2.45) is 5.92 Å². The van der Waals surface area contributed by atoms with Crippen LogP contribution >= 0.6 is 0 Å². The number of ether oxygens (including phenoxy) is 1. The molecule has 0 spiro atoms. The Kier molecular flexibility index (Phi) is 7.04. The van der Waals surface area contributed by atoms with Crippen molar-refractivity contribution in [3.8, 4) is 0 Å². The molecule has 0 saturated carbocycles. The maximum absolute atomic E-state index is 5.13. The van der Waals surface area contributed by atoms with Crippen LogP contribution in [0.25, 0.3) is 0 Å². The van der Waals surface area contributed by atoms with Crippen LogP contribution in [0.2, 0.25) is 0 Å². The molecule has 0 aromatic carbocycles. The minimum Gasteiger partial charge on any atom is -0.376 e. The maximum atomic E-state index is 5.13. The minimum absolute atomic E-state index is 0.824. The Bertz CT molecular complexity index is 61.7. The van der Waals surface area contributed by atoms with Crippen LogP contribution in [-0.2, 0) is 4.74 Å². The lowest BCUT2D eigenvalue weighted by atomic mass is 10.0. The lowest BCUT2D eigenvalue weighted by molar-refractivity contribution is 0.183. The Morgan fingerprint density at radius 1 is 1.40 bits per heavy atom. The molecule has 61 valence electrons. The standard InChI is InChI=1S/C9H19O/c1-4-6-9(3)7-8-10-5-2/h5,9H,4,6-8H2,1-3H3. The second-order valence-electron chi connectivity index (χ2n) is 2.79. The lowest BCUT2D eigenvalue weighted by Gasteiger charge is -2.08. The predicted octanol–water partition coefficient (Wildman–Crippen LogP) is 3.01. The molecule has 1 heteroatoms. The van der Waals surface area contributed by atoms with E-state index < -0.39 is 0 Å². The van der Waals surface area contributed by atoms with Crippen LogP contribution in [0.15, 0.2) is 0 Å². The summed E-state index contributed by atoms with van der Waals surface area (Å²) in [5.74, 6) is 0.824. The van der Waals surface area contributed by atoms with Gasteiger partial charge in [0.05, 0.1) is 6.61 Å². The largest absolute Gasteiger partial charge is 0.376 e. The van der Waals surface area contributed by atoms with Gasteiger partial charge in [-0.2, -0.15) is 0 Å². The van der Waals surface area contributed by atoms with E-state index in [1.807, 2.05) is 6.92 Å². The van der Waals surface area contributed by atoms with E-state index in [1.54, 1.807) is 6.61 Å². The van der Waals surface area contributed by atoms with Gasteiger partial charge in [0.2, 0.25) is 0 Å². The van der Waals surface area contributed by atoms with Crippen LogP contribution in [0.3, 0.4) is 0 Å². The van der Waals surface area contributed by atoms with Gasteiger partial charge in [0, 0.05) is 6.61 Å². The SMILES string of the molecule is C[CH]OCCC(C)CCC. The van der Waals surface area contributed by atoms with Crippen LogP contribution in [0, 0.1) is 12.5 Å². The summed E-state index contributed by atoms with van der Waals surface area (Å²) in [5.41, 5.74) is 0. The van der Waals surface area contributed by atoms with Gasteiger partial charge >= 0.3 is 0 Å². The first-order chi connectivity index (χ1) is 4.81. The van der Waals surface area contributed by atoms with Gasteiger partial charge in [0.15, 0.2) is 0 Å². The fourth-order valence-corrected chi connectivity index (χ4v) is 1.02.